The molecule has 1 fully saturated rings. The van der Waals surface area contributed by atoms with Crippen LogP contribution in [0.25, 0.3) is 0 Å². The zero-order chi connectivity index (χ0) is 13.5. The fourth-order valence-corrected chi connectivity index (χ4v) is 3.38. The molecule has 2 heteroatoms. The molecular weight excluding hydrogens is 234 g/mol. The van der Waals surface area contributed by atoms with E-state index in [2.05, 4.69) is 30.6 Å². The highest BCUT2D eigenvalue weighted by Crippen LogP contribution is 2.31. The summed E-state index contributed by atoms with van der Waals surface area (Å²) in [5, 5.41) is 3.36. The monoisotopic (exact) mass is 261 g/mol. The van der Waals surface area contributed by atoms with Gasteiger partial charge in [-0.2, -0.15) is 0 Å². The Morgan fingerprint density at radius 2 is 2.11 bits per heavy atom. The van der Waals surface area contributed by atoms with Crippen molar-refractivity contribution in [2.45, 2.75) is 38.5 Å². The maximum atomic E-state index is 5.31. The van der Waals surface area contributed by atoms with E-state index in [1.165, 1.54) is 37.7 Å². The van der Waals surface area contributed by atoms with Gasteiger partial charge in [-0.3, -0.25) is 0 Å². The Kier molecular flexibility index (Phi) is 5.71. The molecule has 1 aliphatic rings. The average molecular weight is 261 g/mol. The first-order chi connectivity index (χ1) is 9.31. The molecule has 1 N–H and O–H groups in total. The van der Waals surface area contributed by atoms with Gasteiger partial charge in [0.15, 0.2) is 0 Å². The van der Waals surface area contributed by atoms with Crippen molar-refractivity contribution < 1.29 is 4.74 Å². The second-order valence-electron chi connectivity index (χ2n) is 5.87. The van der Waals surface area contributed by atoms with Crippen molar-refractivity contribution in [3.05, 3.63) is 29.8 Å². The summed E-state index contributed by atoms with van der Waals surface area (Å²) in [6.45, 7) is 1.12. The quantitative estimate of drug-likeness (QED) is 0.809. The molecule has 19 heavy (non-hydrogen) atoms. The molecule has 1 atom stereocenters. The normalized spacial score (nSPS) is 17.6. The van der Waals surface area contributed by atoms with E-state index in [0.717, 1.165) is 30.6 Å². The van der Waals surface area contributed by atoms with Crippen molar-refractivity contribution in [2.24, 2.45) is 11.8 Å². The minimum atomic E-state index is 0.750. The molecule has 1 unspecified atom stereocenters. The van der Waals surface area contributed by atoms with Gasteiger partial charge in [0.1, 0.15) is 5.75 Å². The molecule has 1 aliphatic carbocycles. The maximum Gasteiger partial charge on any atom is 0.119 e. The Bertz CT molecular complexity index is 371. The topological polar surface area (TPSA) is 21.3 Å². The molecule has 1 aromatic carbocycles. The third-order valence-electron chi connectivity index (χ3n) is 4.29. The second-order valence-corrected chi connectivity index (χ2v) is 5.87. The molecule has 0 spiro atoms. The van der Waals surface area contributed by atoms with Crippen LogP contribution in [0.2, 0.25) is 0 Å². The van der Waals surface area contributed by atoms with Crippen LogP contribution < -0.4 is 10.1 Å². The van der Waals surface area contributed by atoms with Crippen LogP contribution in [-0.2, 0) is 6.42 Å². The van der Waals surface area contributed by atoms with Crippen LogP contribution in [0.1, 0.15) is 37.7 Å². The zero-order valence-corrected chi connectivity index (χ0v) is 12.3. The summed E-state index contributed by atoms with van der Waals surface area (Å²) >= 11 is 0. The summed E-state index contributed by atoms with van der Waals surface area (Å²) in [5.74, 6) is 2.69. The summed E-state index contributed by atoms with van der Waals surface area (Å²) in [6, 6.07) is 8.52. The predicted molar refractivity (Wildman–Crippen MR) is 80.7 cm³/mol. The van der Waals surface area contributed by atoms with Gasteiger partial charge in [-0.05, 0) is 56.0 Å². The largest absolute Gasteiger partial charge is 0.497 e. The van der Waals surface area contributed by atoms with Crippen LogP contribution in [0.4, 0.5) is 0 Å². The molecule has 1 saturated carbocycles. The Morgan fingerprint density at radius 3 is 2.79 bits per heavy atom. The molecule has 0 bridgehead atoms. The zero-order valence-electron chi connectivity index (χ0n) is 12.3. The number of nitrogens with one attached hydrogen (secondary N) is 1. The minimum absolute atomic E-state index is 0.750. The first kappa shape index (κ1) is 14.4. The van der Waals surface area contributed by atoms with Crippen molar-refractivity contribution in [1.82, 2.24) is 5.32 Å². The predicted octanol–water partition coefficient (Wildman–Crippen LogP) is 3.65. The molecule has 0 aromatic heterocycles. The molecule has 2 nitrogen and oxygen atoms in total. The lowest BCUT2D eigenvalue weighted by molar-refractivity contribution is 0.363. The third-order valence-corrected chi connectivity index (χ3v) is 4.29. The van der Waals surface area contributed by atoms with E-state index < -0.39 is 0 Å². The number of ether oxygens (including phenoxy) is 1. The van der Waals surface area contributed by atoms with E-state index in [1.807, 2.05) is 6.07 Å². The van der Waals surface area contributed by atoms with Gasteiger partial charge in [0.25, 0.3) is 0 Å². The molecule has 106 valence electrons. The van der Waals surface area contributed by atoms with Gasteiger partial charge >= 0.3 is 0 Å². The first-order valence-electron chi connectivity index (χ1n) is 7.59. The molecule has 2 rings (SSSR count). The van der Waals surface area contributed by atoms with Crippen molar-refractivity contribution >= 4 is 0 Å². The minimum Gasteiger partial charge on any atom is -0.497 e. The summed E-state index contributed by atoms with van der Waals surface area (Å²) in [5.41, 5.74) is 1.40. The van der Waals surface area contributed by atoms with Gasteiger partial charge in [0.2, 0.25) is 0 Å². The highest BCUT2D eigenvalue weighted by Gasteiger charge is 2.20. The lowest BCUT2D eigenvalue weighted by Gasteiger charge is -2.20. The van der Waals surface area contributed by atoms with Gasteiger partial charge in [0.05, 0.1) is 7.11 Å². The first-order valence-corrected chi connectivity index (χ1v) is 7.59. The molecule has 0 saturated heterocycles. The van der Waals surface area contributed by atoms with Gasteiger partial charge in [0, 0.05) is 0 Å². The number of methoxy groups -OCH3 is 1. The van der Waals surface area contributed by atoms with Crippen LogP contribution in [-0.4, -0.2) is 20.7 Å². The summed E-state index contributed by atoms with van der Waals surface area (Å²) in [4.78, 5) is 0. The van der Waals surface area contributed by atoms with Crippen molar-refractivity contribution in [2.75, 3.05) is 20.7 Å². The van der Waals surface area contributed by atoms with Crippen LogP contribution >= 0.6 is 0 Å². The lowest BCUT2D eigenvalue weighted by Crippen LogP contribution is -2.22. The van der Waals surface area contributed by atoms with Crippen LogP contribution in [0.15, 0.2) is 24.3 Å². The lowest BCUT2D eigenvalue weighted by atomic mass is 9.88. The fraction of sp³-hybridized carbons (Fsp3) is 0.647. The Labute approximate surface area is 117 Å². The number of benzene rings is 1. The Morgan fingerprint density at radius 1 is 1.32 bits per heavy atom. The van der Waals surface area contributed by atoms with Crippen LogP contribution in [0.5, 0.6) is 5.75 Å². The van der Waals surface area contributed by atoms with Crippen molar-refractivity contribution in [1.29, 1.82) is 0 Å². The van der Waals surface area contributed by atoms with E-state index in [0.29, 0.717) is 0 Å². The van der Waals surface area contributed by atoms with Crippen LogP contribution in [0, 0.1) is 11.8 Å². The smallest absolute Gasteiger partial charge is 0.119 e. The van der Waals surface area contributed by atoms with E-state index in [-0.39, 0.29) is 0 Å². The molecule has 0 aliphatic heterocycles. The average Bonchev–Trinajstić information content (AvgIpc) is 2.92. The van der Waals surface area contributed by atoms with E-state index in [9.17, 15) is 0 Å². The second kappa shape index (κ2) is 7.54. The Hall–Kier alpha value is -1.02. The van der Waals surface area contributed by atoms with E-state index >= 15 is 0 Å². The highest BCUT2D eigenvalue weighted by molar-refractivity contribution is 5.28. The number of rotatable bonds is 7. The van der Waals surface area contributed by atoms with E-state index in [4.69, 9.17) is 4.74 Å². The Balaban J connectivity index is 1.94. The van der Waals surface area contributed by atoms with Crippen molar-refractivity contribution in [3.63, 3.8) is 0 Å². The van der Waals surface area contributed by atoms with Gasteiger partial charge in [-0.15, -0.1) is 0 Å². The van der Waals surface area contributed by atoms with Gasteiger partial charge in [-0.25, -0.2) is 0 Å². The van der Waals surface area contributed by atoms with E-state index in [1.54, 1.807) is 7.11 Å². The number of hydrogen-bond donors (Lipinski definition) is 1. The molecule has 0 heterocycles. The standard InChI is InChI=1S/C17H27NO/c1-18-13-16(10-14-6-3-4-7-14)11-15-8-5-9-17(12-15)19-2/h5,8-9,12,14,16,18H,3-4,6-7,10-11,13H2,1-2H3. The third kappa shape index (κ3) is 4.54. The molecule has 1 aromatic rings. The SMILES string of the molecule is CNCC(Cc1cccc(OC)c1)CC1CCCC1. The number of hydrogen-bond acceptors (Lipinski definition) is 2. The highest BCUT2D eigenvalue weighted by atomic mass is 16.5. The van der Waals surface area contributed by atoms with Crippen molar-refractivity contribution in [3.8, 4) is 5.75 Å². The molecule has 0 amide bonds. The summed E-state index contributed by atoms with van der Waals surface area (Å²) in [7, 11) is 3.80. The molecular formula is C17H27NO. The maximum absolute atomic E-state index is 5.31. The molecule has 0 radical (unpaired) electrons. The van der Waals surface area contributed by atoms with Gasteiger partial charge in [-0.1, -0.05) is 37.8 Å². The fourth-order valence-electron chi connectivity index (χ4n) is 3.38. The summed E-state index contributed by atoms with van der Waals surface area (Å²) in [6.07, 6.45) is 8.30. The van der Waals surface area contributed by atoms with Gasteiger partial charge < -0.3 is 10.1 Å². The summed E-state index contributed by atoms with van der Waals surface area (Å²) < 4.78 is 5.31. The van der Waals surface area contributed by atoms with Crippen LogP contribution in [0.3, 0.4) is 0 Å².